The minimum Gasteiger partial charge on any atom is -0.494 e. The molecule has 1 aromatic carbocycles. The normalized spacial score (nSPS) is 25.6. The molecule has 1 saturated carbocycles. The van der Waals surface area contributed by atoms with Gasteiger partial charge in [-0.25, -0.2) is 4.39 Å². The molecule has 100 valence electrons. The molecule has 18 heavy (non-hydrogen) atoms. The van der Waals surface area contributed by atoms with Crippen molar-refractivity contribution in [2.24, 2.45) is 5.41 Å². The Labute approximate surface area is 112 Å². The van der Waals surface area contributed by atoms with Crippen LogP contribution in [0.5, 0.6) is 5.75 Å². The molecule has 1 N–H and O–H groups in total. The molecule has 1 aliphatic carbocycles. The predicted molar refractivity (Wildman–Crippen MR) is 71.6 cm³/mol. The monoisotopic (exact) mass is 271 g/mol. The molecule has 0 amide bonds. The van der Waals surface area contributed by atoms with Crippen molar-refractivity contribution in [1.82, 2.24) is 5.32 Å². The molecule has 2 unspecified atom stereocenters. The maximum atomic E-state index is 13.5. The number of hydrogen-bond acceptors (Lipinski definition) is 2. The Balaban J connectivity index is 1.93. The molecule has 0 heterocycles. The van der Waals surface area contributed by atoms with Gasteiger partial charge in [0.15, 0.2) is 11.6 Å². The van der Waals surface area contributed by atoms with Gasteiger partial charge in [0.1, 0.15) is 0 Å². The smallest absolute Gasteiger partial charge is 0.165 e. The van der Waals surface area contributed by atoms with Crippen LogP contribution >= 0.6 is 11.6 Å². The second kappa shape index (κ2) is 5.06. The summed E-state index contributed by atoms with van der Waals surface area (Å²) in [5, 5.41) is 3.65. The van der Waals surface area contributed by atoms with Crippen molar-refractivity contribution in [2.75, 3.05) is 7.11 Å². The van der Waals surface area contributed by atoms with Crippen molar-refractivity contribution in [3.63, 3.8) is 0 Å². The maximum Gasteiger partial charge on any atom is 0.165 e. The summed E-state index contributed by atoms with van der Waals surface area (Å²) in [5.41, 5.74) is 1.02. The lowest BCUT2D eigenvalue weighted by Gasteiger charge is -2.49. The summed E-state index contributed by atoms with van der Waals surface area (Å²) in [6.07, 6.45) is 0.965. The molecule has 1 aromatic rings. The van der Waals surface area contributed by atoms with Gasteiger partial charge in [-0.15, -0.1) is 11.6 Å². The average Bonchev–Trinajstić information content (AvgIpc) is 2.34. The first-order chi connectivity index (χ1) is 8.45. The Morgan fingerprint density at radius 3 is 2.72 bits per heavy atom. The zero-order valence-corrected chi connectivity index (χ0v) is 11.7. The first kappa shape index (κ1) is 13.6. The Bertz CT molecular complexity index is 436. The number of rotatable bonds is 4. The Morgan fingerprint density at radius 2 is 2.22 bits per heavy atom. The van der Waals surface area contributed by atoms with Gasteiger partial charge in [0.2, 0.25) is 0 Å². The minimum atomic E-state index is -0.320. The lowest BCUT2D eigenvalue weighted by Crippen LogP contribution is -2.57. The summed E-state index contributed by atoms with van der Waals surface area (Å²) in [7, 11) is 1.47. The largest absolute Gasteiger partial charge is 0.494 e. The third kappa shape index (κ3) is 2.47. The minimum absolute atomic E-state index is 0.104. The lowest BCUT2D eigenvalue weighted by atomic mass is 9.67. The summed E-state index contributed by atoms with van der Waals surface area (Å²) < 4.78 is 18.4. The number of methoxy groups -OCH3 is 1. The standard InChI is InChI=1S/C14H19ClFNO/c1-14(2)12(15)7-13(14)17-8-9-4-5-11(18-3)10(16)6-9/h4-6,12-13,17H,7-8H2,1-3H3. The number of nitrogens with one attached hydrogen (secondary N) is 1. The fourth-order valence-electron chi connectivity index (χ4n) is 2.28. The fourth-order valence-corrected chi connectivity index (χ4v) is 2.61. The van der Waals surface area contributed by atoms with Crippen LogP contribution in [0, 0.1) is 11.2 Å². The van der Waals surface area contributed by atoms with E-state index in [-0.39, 0.29) is 22.4 Å². The van der Waals surface area contributed by atoms with Gasteiger partial charge < -0.3 is 10.1 Å². The van der Waals surface area contributed by atoms with Crippen LogP contribution in [0.4, 0.5) is 4.39 Å². The summed E-state index contributed by atoms with van der Waals surface area (Å²) >= 11 is 6.17. The second-order valence-corrected chi connectivity index (χ2v) is 5.95. The molecule has 0 bridgehead atoms. The van der Waals surface area contributed by atoms with Crippen molar-refractivity contribution in [2.45, 2.75) is 38.2 Å². The number of ether oxygens (including phenoxy) is 1. The van der Waals surface area contributed by atoms with Gasteiger partial charge in [0.25, 0.3) is 0 Å². The van der Waals surface area contributed by atoms with Crippen molar-refractivity contribution < 1.29 is 9.13 Å². The van der Waals surface area contributed by atoms with E-state index in [0.717, 1.165) is 12.0 Å². The van der Waals surface area contributed by atoms with Crippen LogP contribution < -0.4 is 10.1 Å². The van der Waals surface area contributed by atoms with Crippen molar-refractivity contribution in [1.29, 1.82) is 0 Å². The average molecular weight is 272 g/mol. The number of alkyl halides is 1. The molecular weight excluding hydrogens is 253 g/mol. The van der Waals surface area contributed by atoms with E-state index in [9.17, 15) is 4.39 Å². The van der Waals surface area contributed by atoms with Crippen molar-refractivity contribution in [3.05, 3.63) is 29.6 Å². The van der Waals surface area contributed by atoms with Crippen LogP contribution in [0.3, 0.4) is 0 Å². The maximum absolute atomic E-state index is 13.5. The van der Waals surface area contributed by atoms with Crippen LogP contribution in [0.15, 0.2) is 18.2 Å². The number of halogens is 2. The summed E-state index contributed by atoms with van der Waals surface area (Å²) in [6, 6.07) is 5.43. The molecule has 2 rings (SSSR count). The van der Waals surface area contributed by atoms with Crippen molar-refractivity contribution in [3.8, 4) is 5.75 Å². The second-order valence-electron chi connectivity index (χ2n) is 5.43. The van der Waals surface area contributed by atoms with E-state index in [1.165, 1.54) is 13.2 Å². The van der Waals surface area contributed by atoms with E-state index >= 15 is 0 Å². The molecular formula is C14H19ClFNO. The van der Waals surface area contributed by atoms with E-state index in [4.69, 9.17) is 16.3 Å². The molecule has 0 radical (unpaired) electrons. The van der Waals surface area contributed by atoms with Gasteiger partial charge in [-0.05, 0) is 29.5 Å². The van der Waals surface area contributed by atoms with Crippen LogP contribution in [-0.2, 0) is 6.54 Å². The molecule has 0 aliphatic heterocycles. The zero-order valence-electron chi connectivity index (χ0n) is 11.0. The van der Waals surface area contributed by atoms with E-state index in [2.05, 4.69) is 19.2 Å². The highest BCUT2D eigenvalue weighted by Gasteiger charge is 2.46. The first-order valence-corrected chi connectivity index (χ1v) is 6.58. The summed E-state index contributed by atoms with van der Waals surface area (Å²) in [5.74, 6) is -0.0385. The highest BCUT2D eigenvalue weighted by Crippen LogP contribution is 2.44. The third-order valence-electron chi connectivity index (χ3n) is 3.92. The SMILES string of the molecule is COc1ccc(CNC2CC(Cl)C2(C)C)cc1F. The molecule has 0 saturated heterocycles. The van der Waals surface area contributed by atoms with Gasteiger partial charge >= 0.3 is 0 Å². The summed E-state index contributed by atoms with van der Waals surface area (Å²) in [6.45, 7) is 4.96. The van der Waals surface area contributed by atoms with Gasteiger partial charge in [-0.2, -0.15) is 0 Å². The molecule has 2 atom stereocenters. The van der Waals surface area contributed by atoms with Crippen LogP contribution in [0.1, 0.15) is 25.8 Å². The molecule has 0 spiro atoms. The van der Waals surface area contributed by atoms with Gasteiger partial charge in [-0.3, -0.25) is 0 Å². The quantitative estimate of drug-likeness (QED) is 0.848. The predicted octanol–water partition coefficient (Wildman–Crippen LogP) is 3.33. The molecule has 2 nitrogen and oxygen atoms in total. The molecule has 1 aliphatic rings. The highest BCUT2D eigenvalue weighted by molar-refractivity contribution is 6.21. The topological polar surface area (TPSA) is 21.3 Å². The number of hydrogen-bond donors (Lipinski definition) is 1. The van der Waals surface area contributed by atoms with Gasteiger partial charge in [0, 0.05) is 18.0 Å². The molecule has 0 aromatic heterocycles. The summed E-state index contributed by atoms with van der Waals surface area (Å²) in [4.78, 5) is 0. The zero-order chi connectivity index (χ0) is 13.3. The van der Waals surface area contributed by atoms with Gasteiger partial charge in [-0.1, -0.05) is 19.9 Å². The molecule has 4 heteroatoms. The highest BCUT2D eigenvalue weighted by atomic mass is 35.5. The van der Waals surface area contributed by atoms with Gasteiger partial charge in [0.05, 0.1) is 7.11 Å². The van der Waals surface area contributed by atoms with E-state index in [0.29, 0.717) is 12.6 Å². The van der Waals surface area contributed by atoms with E-state index in [1.807, 2.05) is 6.07 Å². The third-order valence-corrected chi connectivity index (χ3v) is 4.66. The molecule has 1 fully saturated rings. The van der Waals surface area contributed by atoms with E-state index < -0.39 is 0 Å². The Hall–Kier alpha value is -0.800. The van der Waals surface area contributed by atoms with Crippen LogP contribution in [0.2, 0.25) is 0 Å². The number of benzene rings is 1. The first-order valence-electron chi connectivity index (χ1n) is 6.15. The van der Waals surface area contributed by atoms with E-state index in [1.54, 1.807) is 6.07 Å². The lowest BCUT2D eigenvalue weighted by molar-refractivity contribution is 0.115. The van der Waals surface area contributed by atoms with Crippen LogP contribution in [-0.4, -0.2) is 18.5 Å². The van der Waals surface area contributed by atoms with Crippen LogP contribution in [0.25, 0.3) is 0 Å². The van der Waals surface area contributed by atoms with Crippen molar-refractivity contribution >= 4 is 11.6 Å². The Morgan fingerprint density at radius 1 is 1.50 bits per heavy atom. The Kier molecular flexibility index (Phi) is 3.83. The fraction of sp³-hybridized carbons (Fsp3) is 0.571.